The molecule has 4 nitrogen and oxygen atoms in total. The summed E-state index contributed by atoms with van der Waals surface area (Å²) in [5, 5.41) is 0. The second kappa shape index (κ2) is 7.26. The highest BCUT2D eigenvalue weighted by atomic mass is 79.9. The molecular formula is C19H21BrN2O2. The van der Waals surface area contributed by atoms with Gasteiger partial charge in [0.1, 0.15) is 5.75 Å². The Hall–Kier alpha value is -2.01. The standard InChI is InChI=1S/C19H21BrN2O2/c1-14(24-17-9-7-16(20)8-10-17)19(23)22-12-11-21(2)18-6-4-3-5-15(18)13-22/h3-10,14H,11-13H2,1-2H3. The van der Waals surface area contributed by atoms with Gasteiger partial charge in [0.05, 0.1) is 0 Å². The zero-order chi connectivity index (χ0) is 17.1. The van der Waals surface area contributed by atoms with E-state index in [9.17, 15) is 4.79 Å². The highest BCUT2D eigenvalue weighted by Gasteiger charge is 2.25. The molecule has 2 aromatic rings. The van der Waals surface area contributed by atoms with E-state index in [0.29, 0.717) is 18.8 Å². The second-order valence-electron chi connectivity index (χ2n) is 6.02. The van der Waals surface area contributed by atoms with Crippen LogP contribution in [0.2, 0.25) is 0 Å². The van der Waals surface area contributed by atoms with Gasteiger partial charge in [-0.3, -0.25) is 4.79 Å². The third kappa shape index (κ3) is 3.73. The molecule has 0 fully saturated rings. The van der Waals surface area contributed by atoms with Crippen molar-refractivity contribution in [2.45, 2.75) is 19.6 Å². The molecular weight excluding hydrogens is 368 g/mol. The van der Waals surface area contributed by atoms with Gasteiger partial charge >= 0.3 is 0 Å². The lowest BCUT2D eigenvalue weighted by atomic mass is 10.1. The molecule has 1 unspecified atom stereocenters. The number of carbonyl (C=O) groups excluding carboxylic acids is 1. The number of ether oxygens (including phenoxy) is 1. The van der Waals surface area contributed by atoms with Gasteiger partial charge in [0, 0.05) is 36.8 Å². The Labute approximate surface area is 151 Å². The first-order chi connectivity index (χ1) is 11.5. The first-order valence-corrected chi connectivity index (χ1v) is 8.84. The Morgan fingerprint density at radius 1 is 1.12 bits per heavy atom. The van der Waals surface area contributed by atoms with Crippen LogP contribution in [0.5, 0.6) is 5.75 Å². The van der Waals surface area contributed by atoms with Crippen molar-refractivity contribution in [3.05, 3.63) is 58.6 Å². The molecule has 0 radical (unpaired) electrons. The molecule has 1 atom stereocenters. The summed E-state index contributed by atoms with van der Waals surface area (Å²) in [5.74, 6) is 0.717. The maximum Gasteiger partial charge on any atom is 0.263 e. The van der Waals surface area contributed by atoms with Crippen LogP contribution in [-0.2, 0) is 11.3 Å². The monoisotopic (exact) mass is 388 g/mol. The molecule has 1 heterocycles. The number of amides is 1. The van der Waals surface area contributed by atoms with Crippen molar-refractivity contribution in [1.29, 1.82) is 0 Å². The van der Waals surface area contributed by atoms with Crippen molar-refractivity contribution < 1.29 is 9.53 Å². The number of halogens is 1. The van der Waals surface area contributed by atoms with Crippen molar-refractivity contribution in [3.63, 3.8) is 0 Å². The van der Waals surface area contributed by atoms with Gasteiger partial charge in [-0.15, -0.1) is 0 Å². The maximum atomic E-state index is 12.8. The van der Waals surface area contributed by atoms with Gasteiger partial charge in [-0.2, -0.15) is 0 Å². The molecule has 1 amide bonds. The average molecular weight is 389 g/mol. The average Bonchev–Trinajstić information content (AvgIpc) is 2.76. The van der Waals surface area contributed by atoms with E-state index in [1.54, 1.807) is 0 Å². The molecule has 0 spiro atoms. The van der Waals surface area contributed by atoms with Crippen LogP contribution in [0.4, 0.5) is 5.69 Å². The van der Waals surface area contributed by atoms with E-state index in [2.05, 4.69) is 40.0 Å². The van der Waals surface area contributed by atoms with E-state index >= 15 is 0 Å². The van der Waals surface area contributed by atoms with E-state index in [4.69, 9.17) is 4.74 Å². The Balaban J connectivity index is 1.71. The lowest BCUT2D eigenvalue weighted by molar-refractivity contribution is -0.138. The fourth-order valence-corrected chi connectivity index (χ4v) is 3.17. The lowest BCUT2D eigenvalue weighted by Crippen LogP contribution is -2.41. The quantitative estimate of drug-likeness (QED) is 0.803. The molecule has 1 aliphatic rings. The van der Waals surface area contributed by atoms with Gasteiger partial charge < -0.3 is 14.5 Å². The van der Waals surface area contributed by atoms with Gasteiger partial charge in [-0.1, -0.05) is 34.1 Å². The van der Waals surface area contributed by atoms with Crippen LogP contribution in [0, 0.1) is 0 Å². The van der Waals surface area contributed by atoms with E-state index in [1.807, 2.05) is 48.2 Å². The molecule has 0 aliphatic carbocycles. The van der Waals surface area contributed by atoms with Crippen molar-refractivity contribution in [2.75, 3.05) is 25.0 Å². The SMILES string of the molecule is CC(Oc1ccc(Br)cc1)C(=O)N1CCN(C)c2ccccc2C1. The second-order valence-corrected chi connectivity index (χ2v) is 6.94. The maximum absolute atomic E-state index is 12.8. The van der Waals surface area contributed by atoms with Crippen molar-refractivity contribution in [2.24, 2.45) is 0 Å². The highest BCUT2D eigenvalue weighted by molar-refractivity contribution is 9.10. The Morgan fingerprint density at radius 2 is 1.83 bits per heavy atom. The summed E-state index contributed by atoms with van der Waals surface area (Å²) < 4.78 is 6.80. The molecule has 126 valence electrons. The number of benzene rings is 2. The van der Waals surface area contributed by atoms with Gasteiger partial charge in [0.2, 0.25) is 0 Å². The minimum atomic E-state index is -0.512. The molecule has 0 N–H and O–H groups in total. The number of fused-ring (bicyclic) bond motifs is 1. The minimum absolute atomic E-state index is 0.0167. The predicted octanol–water partition coefficient (Wildman–Crippen LogP) is 3.70. The molecule has 24 heavy (non-hydrogen) atoms. The van der Waals surface area contributed by atoms with E-state index in [1.165, 1.54) is 11.3 Å². The van der Waals surface area contributed by atoms with Gasteiger partial charge in [0.25, 0.3) is 5.91 Å². The molecule has 3 rings (SSSR count). The first kappa shape index (κ1) is 16.8. The summed E-state index contributed by atoms with van der Waals surface area (Å²) >= 11 is 3.40. The summed E-state index contributed by atoms with van der Waals surface area (Å²) in [6.45, 7) is 3.93. The topological polar surface area (TPSA) is 32.8 Å². The predicted molar refractivity (Wildman–Crippen MR) is 99.4 cm³/mol. The summed E-state index contributed by atoms with van der Waals surface area (Å²) in [4.78, 5) is 16.9. The fraction of sp³-hybridized carbons (Fsp3) is 0.316. The van der Waals surface area contributed by atoms with E-state index in [-0.39, 0.29) is 5.91 Å². The van der Waals surface area contributed by atoms with Crippen LogP contribution in [0.3, 0.4) is 0 Å². The van der Waals surface area contributed by atoms with Crippen LogP contribution in [0.15, 0.2) is 53.0 Å². The number of anilines is 1. The Morgan fingerprint density at radius 3 is 2.58 bits per heavy atom. The summed E-state index contributed by atoms with van der Waals surface area (Å²) in [6.07, 6.45) is -0.512. The summed E-state index contributed by atoms with van der Waals surface area (Å²) in [5.41, 5.74) is 2.36. The number of hydrogen-bond acceptors (Lipinski definition) is 3. The molecule has 5 heteroatoms. The summed E-state index contributed by atoms with van der Waals surface area (Å²) in [7, 11) is 2.06. The van der Waals surface area contributed by atoms with Crippen LogP contribution in [0.1, 0.15) is 12.5 Å². The third-order valence-electron chi connectivity index (χ3n) is 4.26. The smallest absolute Gasteiger partial charge is 0.263 e. The van der Waals surface area contributed by atoms with Crippen LogP contribution in [-0.4, -0.2) is 37.0 Å². The minimum Gasteiger partial charge on any atom is -0.481 e. The summed E-state index contributed by atoms with van der Waals surface area (Å²) in [6, 6.07) is 15.8. The zero-order valence-electron chi connectivity index (χ0n) is 13.9. The number of para-hydroxylation sites is 1. The van der Waals surface area contributed by atoms with Crippen LogP contribution >= 0.6 is 15.9 Å². The van der Waals surface area contributed by atoms with E-state index < -0.39 is 6.10 Å². The molecule has 0 bridgehead atoms. The molecule has 1 aliphatic heterocycles. The molecule has 0 aromatic heterocycles. The number of hydrogen-bond donors (Lipinski definition) is 0. The Kier molecular flexibility index (Phi) is 5.09. The number of carbonyl (C=O) groups is 1. The third-order valence-corrected chi connectivity index (χ3v) is 4.78. The lowest BCUT2D eigenvalue weighted by Gasteiger charge is -2.25. The van der Waals surface area contributed by atoms with E-state index in [0.717, 1.165) is 11.0 Å². The number of nitrogens with zero attached hydrogens (tertiary/aromatic N) is 2. The van der Waals surface area contributed by atoms with Crippen LogP contribution in [0.25, 0.3) is 0 Å². The zero-order valence-corrected chi connectivity index (χ0v) is 15.5. The fourth-order valence-electron chi connectivity index (χ4n) is 2.91. The van der Waals surface area contributed by atoms with Crippen molar-refractivity contribution in [3.8, 4) is 5.75 Å². The normalized spacial score (nSPS) is 15.5. The van der Waals surface area contributed by atoms with Gasteiger partial charge in [-0.25, -0.2) is 0 Å². The largest absolute Gasteiger partial charge is 0.481 e. The number of rotatable bonds is 3. The van der Waals surface area contributed by atoms with Crippen LogP contribution < -0.4 is 9.64 Å². The van der Waals surface area contributed by atoms with Crippen molar-refractivity contribution >= 4 is 27.5 Å². The molecule has 2 aromatic carbocycles. The first-order valence-electron chi connectivity index (χ1n) is 8.04. The highest BCUT2D eigenvalue weighted by Crippen LogP contribution is 2.24. The van der Waals surface area contributed by atoms with Gasteiger partial charge in [-0.05, 0) is 42.8 Å². The number of likely N-dealkylation sites (N-methyl/N-ethyl adjacent to an activating group) is 1. The molecule has 0 saturated heterocycles. The molecule has 0 saturated carbocycles. The van der Waals surface area contributed by atoms with Gasteiger partial charge in [0.15, 0.2) is 6.10 Å². The van der Waals surface area contributed by atoms with Crippen molar-refractivity contribution in [1.82, 2.24) is 4.90 Å². The Bertz CT molecular complexity index is 718.